The summed E-state index contributed by atoms with van der Waals surface area (Å²) in [6, 6.07) is 11.6. The van der Waals surface area contributed by atoms with Crippen molar-refractivity contribution < 1.29 is 23.0 Å². The molecule has 0 aromatic heterocycles. The Morgan fingerprint density at radius 2 is 1.82 bits per heavy atom. The van der Waals surface area contributed by atoms with Crippen molar-refractivity contribution in [3.63, 3.8) is 0 Å². The largest absolute Gasteiger partial charge is 0.483 e. The Morgan fingerprint density at radius 1 is 1.14 bits per heavy atom. The number of hydrogen-bond acceptors (Lipinski definition) is 3. The molecular weight excluding hydrogens is 290 g/mol. The molecule has 2 aromatic carbocycles. The van der Waals surface area contributed by atoms with Crippen molar-refractivity contribution in [3.05, 3.63) is 65.2 Å². The van der Waals surface area contributed by atoms with Gasteiger partial charge in [0.15, 0.2) is 17.4 Å². The number of ether oxygens (including phenoxy) is 2. The summed E-state index contributed by atoms with van der Waals surface area (Å²) in [6.45, 7) is 0.447. The highest BCUT2D eigenvalue weighted by Crippen LogP contribution is 2.44. The van der Waals surface area contributed by atoms with E-state index in [0.717, 1.165) is 5.56 Å². The van der Waals surface area contributed by atoms with Gasteiger partial charge in [0.25, 0.3) is 6.47 Å². The highest BCUT2D eigenvalue weighted by molar-refractivity contribution is 5.41. The van der Waals surface area contributed by atoms with E-state index in [1.54, 1.807) is 0 Å². The van der Waals surface area contributed by atoms with Crippen LogP contribution in [0.25, 0.3) is 0 Å². The minimum atomic E-state index is -0.748. The monoisotopic (exact) mass is 304 g/mol. The maximum atomic E-state index is 14.0. The zero-order valence-corrected chi connectivity index (χ0v) is 11.7. The topological polar surface area (TPSA) is 35.5 Å². The number of carbonyl (C=O) groups is 1. The van der Waals surface area contributed by atoms with Gasteiger partial charge >= 0.3 is 0 Å². The molecule has 3 nitrogen and oxygen atoms in total. The fraction of sp³-hybridized carbons (Fsp3) is 0.235. The second-order valence-corrected chi connectivity index (χ2v) is 5.20. The Bertz CT molecular complexity index is 650. The van der Waals surface area contributed by atoms with Crippen molar-refractivity contribution in [1.29, 1.82) is 0 Å². The number of hydrogen-bond donors (Lipinski definition) is 0. The lowest BCUT2D eigenvalue weighted by molar-refractivity contribution is -0.129. The smallest absolute Gasteiger partial charge is 0.293 e. The third-order valence-electron chi connectivity index (χ3n) is 3.64. The molecule has 1 saturated carbocycles. The van der Waals surface area contributed by atoms with E-state index in [2.05, 4.69) is 0 Å². The van der Waals surface area contributed by atoms with E-state index >= 15 is 0 Å². The van der Waals surface area contributed by atoms with Gasteiger partial charge in [0.2, 0.25) is 0 Å². The summed E-state index contributed by atoms with van der Waals surface area (Å²) in [7, 11) is 0. The van der Waals surface area contributed by atoms with Gasteiger partial charge in [-0.1, -0.05) is 30.3 Å². The molecule has 0 radical (unpaired) electrons. The second-order valence-electron chi connectivity index (χ2n) is 5.20. The summed E-state index contributed by atoms with van der Waals surface area (Å²) in [5.41, 5.74) is 1.31. The summed E-state index contributed by atoms with van der Waals surface area (Å²) in [5.74, 6) is -2.02. The van der Waals surface area contributed by atoms with E-state index in [1.165, 1.54) is 12.1 Å². The molecule has 0 heterocycles. The second kappa shape index (κ2) is 6.13. The normalized spacial score (nSPS) is 19.5. The molecule has 0 aliphatic heterocycles. The average molecular weight is 304 g/mol. The first-order chi connectivity index (χ1) is 10.7. The van der Waals surface area contributed by atoms with Crippen LogP contribution < -0.4 is 4.74 Å². The number of rotatable bonds is 6. The van der Waals surface area contributed by atoms with Gasteiger partial charge in [0.1, 0.15) is 12.7 Å². The number of carbonyl (C=O) groups excluding carboxylic acids is 1. The Hall–Kier alpha value is -2.43. The summed E-state index contributed by atoms with van der Waals surface area (Å²) in [6.07, 6.45) is 0.300. The standard InChI is InChI=1S/C17H14F2O3/c18-14-6-12(13-8-16(13)22-10-20)7-15(19)17(14)21-9-11-4-2-1-3-5-11/h1-7,10,13,16H,8-9H2. The Morgan fingerprint density at radius 3 is 2.45 bits per heavy atom. The van der Waals surface area contributed by atoms with Gasteiger partial charge in [0.05, 0.1) is 0 Å². The van der Waals surface area contributed by atoms with Crippen LogP contribution in [0.4, 0.5) is 8.78 Å². The van der Waals surface area contributed by atoms with E-state index in [4.69, 9.17) is 9.47 Å². The molecule has 2 aromatic rings. The molecule has 0 N–H and O–H groups in total. The highest BCUT2D eigenvalue weighted by Gasteiger charge is 2.41. The van der Waals surface area contributed by atoms with E-state index in [0.29, 0.717) is 18.5 Å². The number of halogens is 2. The predicted molar refractivity (Wildman–Crippen MR) is 75.4 cm³/mol. The van der Waals surface area contributed by atoms with Gasteiger partial charge < -0.3 is 9.47 Å². The Labute approximate surface area is 126 Å². The zero-order valence-electron chi connectivity index (χ0n) is 11.7. The molecule has 1 aliphatic carbocycles. The molecular formula is C17H14F2O3. The predicted octanol–water partition coefficient (Wildman–Crippen LogP) is 3.57. The van der Waals surface area contributed by atoms with Crippen molar-refractivity contribution >= 4 is 6.47 Å². The van der Waals surface area contributed by atoms with Crippen LogP contribution in [0.2, 0.25) is 0 Å². The van der Waals surface area contributed by atoms with E-state index in [-0.39, 0.29) is 24.4 Å². The Kier molecular flexibility index (Phi) is 4.04. The Balaban J connectivity index is 1.72. The first kappa shape index (κ1) is 14.5. The van der Waals surface area contributed by atoms with Crippen LogP contribution in [0.3, 0.4) is 0 Å². The lowest BCUT2D eigenvalue weighted by Gasteiger charge is -2.10. The molecule has 3 rings (SSSR count). The average Bonchev–Trinajstić information content (AvgIpc) is 3.27. The van der Waals surface area contributed by atoms with E-state index in [9.17, 15) is 13.6 Å². The van der Waals surface area contributed by atoms with Gasteiger partial charge in [-0.25, -0.2) is 8.78 Å². The van der Waals surface area contributed by atoms with Crippen LogP contribution in [0.1, 0.15) is 23.5 Å². The molecule has 2 atom stereocenters. The summed E-state index contributed by atoms with van der Waals surface area (Å²) < 4.78 is 38.1. The SMILES string of the molecule is O=COC1CC1c1cc(F)c(OCc2ccccc2)c(F)c1. The lowest BCUT2D eigenvalue weighted by atomic mass is 10.1. The van der Waals surface area contributed by atoms with Crippen molar-refractivity contribution in [2.24, 2.45) is 0 Å². The molecule has 5 heteroatoms. The minimum Gasteiger partial charge on any atom is -0.483 e. The van der Waals surface area contributed by atoms with Gasteiger partial charge in [-0.05, 0) is 29.7 Å². The molecule has 0 bridgehead atoms. The van der Waals surface area contributed by atoms with E-state index < -0.39 is 11.6 Å². The molecule has 0 amide bonds. The van der Waals surface area contributed by atoms with Crippen LogP contribution in [-0.2, 0) is 16.1 Å². The van der Waals surface area contributed by atoms with Crippen LogP contribution in [0, 0.1) is 11.6 Å². The van der Waals surface area contributed by atoms with Crippen molar-refractivity contribution in [1.82, 2.24) is 0 Å². The molecule has 1 fully saturated rings. The third kappa shape index (κ3) is 3.08. The quantitative estimate of drug-likeness (QED) is 0.765. The molecule has 2 unspecified atom stereocenters. The third-order valence-corrected chi connectivity index (χ3v) is 3.64. The molecule has 0 spiro atoms. The van der Waals surface area contributed by atoms with Gasteiger partial charge in [0, 0.05) is 5.92 Å². The van der Waals surface area contributed by atoms with Crippen LogP contribution in [0.5, 0.6) is 5.75 Å². The van der Waals surface area contributed by atoms with Crippen LogP contribution in [0.15, 0.2) is 42.5 Å². The van der Waals surface area contributed by atoms with Crippen LogP contribution >= 0.6 is 0 Å². The summed E-state index contributed by atoms with van der Waals surface area (Å²) in [5, 5.41) is 0. The number of benzene rings is 2. The first-order valence-electron chi connectivity index (χ1n) is 6.94. The highest BCUT2D eigenvalue weighted by atomic mass is 19.1. The van der Waals surface area contributed by atoms with Crippen molar-refractivity contribution in [2.45, 2.75) is 25.0 Å². The van der Waals surface area contributed by atoms with Gasteiger partial charge in [-0.3, -0.25) is 4.79 Å². The fourth-order valence-corrected chi connectivity index (χ4v) is 2.41. The first-order valence-corrected chi connectivity index (χ1v) is 6.94. The molecule has 114 valence electrons. The lowest BCUT2D eigenvalue weighted by Crippen LogP contribution is -2.02. The van der Waals surface area contributed by atoms with Crippen molar-refractivity contribution in [3.8, 4) is 5.75 Å². The minimum absolute atomic E-state index is 0.0916. The molecule has 0 saturated heterocycles. The summed E-state index contributed by atoms with van der Waals surface area (Å²) in [4.78, 5) is 10.2. The molecule has 1 aliphatic rings. The molecule has 22 heavy (non-hydrogen) atoms. The van der Waals surface area contributed by atoms with Gasteiger partial charge in [-0.15, -0.1) is 0 Å². The maximum absolute atomic E-state index is 14.0. The maximum Gasteiger partial charge on any atom is 0.293 e. The van der Waals surface area contributed by atoms with E-state index in [1.807, 2.05) is 30.3 Å². The van der Waals surface area contributed by atoms with Crippen molar-refractivity contribution in [2.75, 3.05) is 0 Å². The summed E-state index contributed by atoms with van der Waals surface area (Å²) >= 11 is 0. The zero-order chi connectivity index (χ0) is 15.5. The van der Waals surface area contributed by atoms with Gasteiger partial charge in [-0.2, -0.15) is 0 Å². The van der Waals surface area contributed by atoms with Crippen LogP contribution in [-0.4, -0.2) is 12.6 Å². The fourth-order valence-electron chi connectivity index (χ4n) is 2.41.